The number of carbonyl (C=O) groups is 1. The van der Waals surface area contributed by atoms with Crippen molar-refractivity contribution in [3.05, 3.63) is 35.4 Å². The largest absolute Gasteiger partial charge is 0.508 e. The van der Waals surface area contributed by atoms with Crippen molar-refractivity contribution in [2.24, 2.45) is 0 Å². The van der Waals surface area contributed by atoms with E-state index in [0.29, 0.717) is 0 Å². The Hall–Kier alpha value is -3.21. The summed E-state index contributed by atoms with van der Waals surface area (Å²) in [5, 5.41) is 57.7. The van der Waals surface area contributed by atoms with Gasteiger partial charge >= 0.3 is 0 Å². The van der Waals surface area contributed by atoms with Gasteiger partial charge < -0.3 is 46.3 Å². The molecule has 0 amide bonds. The molecule has 136 valence electrons. The SMILES string of the molecule is O.O.O=C1c2c(O)cc(O)cc2O[C@@H](c2cc(O)c(O)c(O)c2)[C@@H]1O. The lowest BCUT2D eigenvalue weighted by Crippen LogP contribution is -2.36. The Labute approximate surface area is 140 Å². The van der Waals surface area contributed by atoms with Crippen LogP contribution in [0.2, 0.25) is 0 Å². The summed E-state index contributed by atoms with van der Waals surface area (Å²) in [7, 11) is 0. The number of hydrogen-bond donors (Lipinski definition) is 6. The lowest BCUT2D eigenvalue weighted by atomic mass is 9.92. The van der Waals surface area contributed by atoms with Gasteiger partial charge in [-0.1, -0.05) is 0 Å². The van der Waals surface area contributed by atoms with Crippen LogP contribution in [0, 0.1) is 0 Å². The molecule has 0 aliphatic carbocycles. The summed E-state index contributed by atoms with van der Waals surface area (Å²) < 4.78 is 5.42. The van der Waals surface area contributed by atoms with Gasteiger partial charge in [-0.25, -0.2) is 0 Å². The Kier molecular flexibility index (Phi) is 5.34. The van der Waals surface area contributed by atoms with Gasteiger partial charge in [0.05, 0.1) is 0 Å². The number of aliphatic hydroxyl groups is 1. The quantitative estimate of drug-likeness (QED) is 0.357. The van der Waals surface area contributed by atoms with E-state index in [-0.39, 0.29) is 33.6 Å². The molecule has 10 heteroatoms. The first-order valence-electron chi connectivity index (χ1n) is 6.49. The third kappa shape index (κ3) is 3.08. The molecule has 0 radical (unpaired) electrons. The van der Waals surface area contributed by atoms with Gasteiger partial charge in [0, 0.05) is 17.7 Å². The van der Waals surface area contributed by atoms with E-state index in [0.717, 1.165) is 24.3 Å². The lowest BCUT2D eigenvalue weighted by molar-refractivity contribution is 0.0209. The van der Waals surface area contributed by atoms with E-state index in [9.17, 15) is 35.4 Å². The van der Waals surface area contributed by atoms with Crippen molar-refractivity contribution in [1.82, 2.24) is 0 Å². The third-order valence-electron chi connectivity index (χ3n) is 3.54. The number of aliphatic hydroxyl groups excluding tert-OH is 1. The monoisotopic (exact) mass is 356 g/mol. The van der Waals surface area contributed by atoms with E-state index in [2.05, 4.69) is 0 Å². The standard InChI is InChI=1S/C15H12O8.2H2O/c16-6-3-7(17)11-10(4-6)23-15(14(22)13(11)21)5-1-8(18)12(20)9(19)2-5;;/h1-4,14-20,22H;2*1H2/t14-,15+;;/m1../s1. The molecule has 0 spiro atoms. The maximum absolute atomic E-state index is 12.2. The fourth-order valence-electron chi connectivity index (χ4n) is 2.45. The second-order valence-electron chi connectivity index (χ2n) is 5.09. The summed E-state index contributed by atoms with van der Waals surface area (Å²) in [6, 6.07) is 4.06. The molecular formula is C15H16O10. The molecule has 2 aromatic rings. The van der Waals surface area contributed by atoms with Gasteiger partial charge in [0.25, 0.3) is 0 Å². The lowest BCUT2D eigenvalue weighted by Gasteiger charge is -2.30. The van der Waals surface area contributed by atoms with Gasteiger partial charge in [-0.05, 0) is 12.1 Å². The van der Waals surface area contributed by atoms with E-state index in [1.54, 1.807) is 0 Å². The van der Waals surface area contributed by atoms with Crippen LogP contribution < -0.4 is 4.74 Å². The number of aromatic hydroxyl groups is 5. The average Bonchev–Trinajstić information content (AvgIpc) is 2.47. The number of Topliss-reactive ketones (excluding diaryl/α,β-unsaturated/α-hetero) is 1. The van der Waals surface area contributed by atoms with E-state index in [4.69, 9.17) is 4.74 Å². The highest BCUT2D eigenvalue weighted by Gasteiger charge is 2.39. The Morgan fingerprint density at radius 3 is 1.96 bits per heavy atom. The van der Waals surface area contributed by atoms with Crippen molar-refractivity contribution < 1.29 is 51.1 Å². The van der Waals surface area contributed by atoms with E-state index in [1.165, 1.54) is 0 Å². The van der Waals surface area contributed by atoms with Crippen LogP contribution in [0.25, 0.3) is 0 Å². The number of ether oxygens (including phenoxy) is 1. The Morgan fingerprint density at radius 2 is 1.40 bits per heavy atom. The van der Waals surface area contributed by atoms with Crippen LogP contribution in [0.3, 0.4) is 0 Å². The van der Waals surface area contributed by atoms with Crippen LogP contribution >= 0.6 is 0 Å². The molecule has 1 aliphatic heterocycles. The summed E-state index contributed by atoms with van der Waals surface area (Å²) in [5.74, 6) is -3.96. The fourth-order valence-corrected chi connectivity index (χ4v) is 2.45. The van der Waals surface area contributed by atoms with Crippen LogP contribution in [-0.4, -0.2) is 53.5 Å². The molecule has 0 saturated carbocycles. The topological polar surface area (TPSA) is 211 Å². The number of phenolic OH excluding ortho intramolecular Hbond substituents is 5. The van der Waals surface area contributed by atoms with Gasteiger partial charge in [0.2, 0.25) is 5.78 Å². The third-order valence-corrected chi connectivity index (χ3v) is 3.54. The Bertz CT molecular complexity index is 793. The molecule has 3 rings (SSSR count). The number of benzene rings is 2. The summed E-state index contributed by atoms with van der Waals surface area (Å²) in [6.07, 6.45) is -3.03. The smallest absolute Gasteiger partial charge is 0.202 e. The molecule has 0 fully saturated rings. The molecule has 1 heterocycles. The highest BCUT2D eigenvalue weighted by atomic mass is 16.5. The van der Waals surface area contributed by atoms with Crippen molar-refractivity contribution in [3.8, 4) is 34.5 Å². The van der Waals surface area contributed by atoms with Crippen molar-refractivity contribution in [2.75, 3.05) is 0 Å². The molecule has 0 bridgehead atoms. The molecule has 25 heavy (non-hydrogen) atoms. The summed E-state index contributed by atoms with van der Waals surface area (Å²) in [4.78, 5) is 12.2. The number of carbonyl (C=O) groups excluding carboxylic acids is 1. The van der Waals surface area contributed by atoms with Crippen LogP contribution in [0.15, 0.2) is 24.3 Å². The second kappa shape index (κ2) is 6.73. The maximum atomic E-state index is 12.2. The minimum atomic E-state index is -1.72. The highest BCUT2D eigenvalue weighted by Crippen LogP contribution is 2.44. The number of phenols is 5. The fraction of sp³-hybridized carbons (Fsp3) is 0.133. The zero-order valence-corrected chi connectivity index (χ0v) is 12.5. The second-order valence-corrected chi connectivity index (χ2v) is 5.09. The van der Waals surface area contributed by atoms with Crippen LogP contribution in [0.1, 0.15) is 22.0 Å². The molecule has 2 aromatic carbocycles. The predicted octanol–water partition coefficient (Wildman–Crippen LogP) is -0.758. The number of rotatable bonds is 1. The van der Waals surface area contributed by atoms with Crippen molar-refractivity contribution in [2.45, 2.75) is 12.2 Å². The molecular weight excluding hydrogens is 340 g/mol. The number of ketones is 1. The summed E-state index contributed by atoms with van der Waals surface area (Å²) >= 11 is 0. The van der Waals surface area contributed by atoms with Gasteiger partial charge in [-0.2, -0.15) is 0 Å². The van der Waals surface area contributed by atoms with Gasteiger partial charge in [-0.15, -0.1) is 0 Å². The molecule has 10 N–H and O–H groups in total. The minimum absolute atomic E-state index is 0. The Morgan fingerprint density at radius 1 is 0.840 bits per heavy atom. The molecule has 0 saturated heterocycles. The van der Waals surface area contributed by atoms with Gasteiger partial charge in [0.15, 0.2) is 29.5 Å². The van der Waals surface area contributed by atoms with Crippen molar-refractivity contribution in [3.63, 3.8) is 0 Å². The van der Waals surface area contributed by atoms with Gasteiger partial charge in [-0.3, -0.25) is 4.79 Å². The number of hydrogen-bond acceptors (Lipinski definition) is 8. The highest BCUT2D eigenvalue weighted by molar-refractivity contribution is 6.05. The zero-order valence-electron chi connectivity index (χ0n) is 12.5. The maximum Gasteiger partial charge on any atom is 0.202 e. The first kappa shape index (κ1) is 19.8. The molecule has 0 unspecified atom stereocenters. The Balaban J connectivity index is 0.00000156. The van der Waals surface area contributed by atoms with Crippen molar-refractivity contribution in [1.29, 1.82) is 0 Å². The first-order valence-corrected chi connectivity index (χ1v) is 6.49. The first-order chi connectivity index (χ1) is 10.8. The van der Waals surface area contributed by atoms with E-state index in [1.807, 2.05) is 0 Å². The van der Waals surface area contributed by atoms with Crippen LogP contribution in [0.5, 0.6) is 34.5 Å². The van der Waals surface area contributed by atoms with E-state index < -0.39 is 41.0 Å². The normalized spacial score (nSPS) is 18.4. The zero-order chi connectivity index (χ0) is 16.9. The summed E-state index contributed by atoms with van der Waals surface area (Å²) in [5.41, 5.74) is -0.258. The molecule has 2 atom stereocenters. The number of fused-ring (bicyclic) bond motifs is 1. The molecule has 1 aliphatic rings. The van der Waals surface area contributed by atoms with Gasteiger partial charge in [0.1, 0.15) is 22.8 Å². The molecule has 0 aromatic heterocycles. The van der Waals surface area contributed by atoms with Crippen LogP contribution in [-0.2, 0) is 0 Å². The average molecular weight is 356 g/mol. The minimum Gasteiger partial charge on any atom is -0.508 e. The van der Waals surface area contributed by atoms with E-state index >= 15 is 0 Å². The predicted molar refractivity (Wildman–Crippen MR) is 82.1 cm³/mol. The van der Waals surface area contributed by atoms with Crippen LogP contribution in [0.4, 0.5) is 0 Å². The van der Waals surface area contributed by atoms with Crippen molar-refractivity contribution >= 4 is 5.78 Å². The molecule has 10 nitrogen and oxygen atoms in total. The summed E-state index contributed by atoms with van der Waals surface area (Å²) in [6.45, 7) is 0.